The standard InChI is InChI=1S/C24H24N4O.BrH/c1-17-11-13-18(14-12-17)21-16-27-23(26-21)22(20-10-6-3-7-15-25-20)24(29)28(27)19-8-4-2-5-9-19;/h2,4-5,8-9,11-14,16,25H,3,6-7,10,15H2,1H3;1H. The molecule has 30 heavy (non-hydrogen) atoms. The molecule has 0 saturated carbocycles. The summed E-state index contributed by atoms with van der Waals surface area (Å²) < 4.78 is 3.64. The van der Waals surface area contributed by atoms with Gasteiger partial charge in [-0.1, -0.05) is 54.4 Å². The van der Waals surface area contributed by atoms with Crippen molar-refractivity contribution in [3.63, 3.8) is 0 Å². The van der Waals surface area contributed by atoms with E-state index in [1.807, 2.05) is 41.0 Å². The highest BCUT2D eigenvalue weighted by molar-refractivity contribution is 8.93. The predicted molar refractivity (Wildman–Crippen MR) is 126 cm³/mol. The first-order valence-electron chi connectivity index (χ1n) is 10.3. The van der Waals surface area contributed by atoms with Crippen LogP contribution < -0.4 is 16.1 Å². The number of benzene rings is 2. The molecule has 0 amide bonds. The summed E-state index contributed by atoms with van der Waals surface area (Å²) >= 11 is 0. The third-order valence-corrected chi connectivity index (χ3v) is 5.63. The summed E-state index contributed by atoms with van der Waals surface area (Å²) in [5, 5.41) is 4.21. The minimum atomic E-state index is -0.0152. The number of nitrogens with zero attached hydrogens (tertiary/aromatic N) is 3. The number of halogens is 1. The van der Waals surface area contributed by atoms with E-state index < -0.39 is 0 Å². The van der Waals surface area contributed by atoms with Crippen molar-refractivity contribution in [2.24, 2.45) is 0 Å². The zero-order valence-electron chi connectivity index (χ0n) is 17.0. The van der Waals surface area contributed by atoms with E-state index >= 15 is 0 Å². The maximum atomic E-state index is 13.5. The van der Waals surface area contributed by atoms with Crippen LogP contribution in [0.4, 0.5) is 0 Å². The fraction of sp³-hybridized carbons (Fsp3) is 0.250. The molecular formula is C24H25BrN4O. The minimum Gasteiger partial charge on any atom is -0.388 e. The van der Waals surface area contributed by atoms with Crippen molar-refractivity contribution >= 4 is 28.3 Å². The molecule has 2 aromatic carbocycles. The first-order chi connectivity index (χ1) is 14.2. The summed E-state index contributed by atoms with van der Waals surface area (Å²) in [6, 6.07) is 18.1. The van der Waals surface area contributed by atoms with Gasteiger partial charge < -0.3 is 5.32 Å². The lowest BCUT2D eigenvalue weighted by atomic mass is 10.1. The molecule has 0 aliphatic carbocycles. The summed E-state index contributed by atoms with van der Waals surface area (Å²) in [4.78, 5) is 18.4. The number of hydrogen-bond acceptors (Lipinski definition) is 3. The molecule has 1 aliphatic rings. The Kier molecular flexibility index (Phi) is 5.77. The van der Waals surface area contributed by atoms with E-state index in [1.54, 1.807) is 4.68 Å². The highest BCUT2D eigenvalue weighted by Gasteiger charge is 2.19. The number of nitrogens with one attached hydrogen (secondary N) is 1. The van der Waals surface area contributed by atoms with Gasteiger partial charge in [0, 0.05) is 17.8 Å². The summed E-state index contributed by atoms with van der Waals surface area (Å²) in [5.74, 6) is 0. The molecule has 0 unspecified atom stereocenters. The van der Waals surface area contributed by atoms with Gasteiger partial charge in [0.1, 0.15) is 5.22 Å². The Labute approximate surface area is 185 Å². The fourth-order valence-corrected chi connectivity index (χ4v) is 4.08. The molecule has 0 radical (unpaired) electrons. The van der Waals surface area contributed by atoms with Crippen LogP contribution in [0.5, 0.6) is 0 Å². The largest absolute Gasteiger partial charge is 0.388 e. The lowest BCUT2D eigenvalue weighted by Gasteiger charge is -2.04. The number of imidazole rings is 1. The quantitative estimate of drug-likeness (QED) is 0.487. The summed E-state index contributed by atoms with van der Waals surface area (Å²) in [7, 11) is 0. The predicted octanol–water partition coefficient (Wildman–Crippen LogP) is 4.03. The van der Waals surface area contributed by atoms with Gasteiger partial charge in [-0.2, -0.15) is 0 Å². The van der Waals surface area contributed by atoms with Gasteiger partial charge in [-0.05, 0) is 38.3 Å². The van der Waals surface area contributed by atoms with Crippen molar-refractivity contribution in [2.75, 3.05) is 6.54 Å². The van der Waals surface area contributed by atoms with Crippen LogP contribution in [0.15, 0.2) is 65.6 Å². The average molecular weight is 465 g/mol. The molecule has 2 aromatic heterocycles. The Balaban J connectivity index is 0.00000218. The van der Waals surface area contributed by atoms with E-state index in [-0.39, 0.29) is 22.5 Å². The molecule has 3 heterocycles. The molecule has 1 fully saturated rings. The van der Waals surface area contributed by atoms with Crippen LogP contribution in [-0.4, -0.2) is 20.7 Å². The summed E-state index contributed by atoms with van der Waals surface area (Å²) in [5.41, 5.74) is 5.71. The Morgan fingerprint density at radius 2 is 1.73 bits per heavy atom. The second kappa shape index (κ2) is 8.48. The van der Waals surface area contributed by atoms with Gasteiger partial charge in [0.15, 0.2) is 5.65 Å². The smallest absolute Gasteiger partial charge is 0.283 e. The van der Waals surface area contributed by atoms with Crippen LogP contribution in [0, 0.1) is 6.92 Å². The molecule has 1 N–H and O–H groups in total. The zero-order chi connectivity index (χ0) is 19.8. The molecule has 0 spiro atoms. The number of fused-ring (bicyclic) bond motifs is 1. The number of rotatable bonds is 2. The SMILES string of the molecule is Br.Cc1ccc(-c2cn3c(n2)c(=C2CCCCCN2)c(=O)n3-c2ccccc2)cc1. The maximum absolute atomic E-state index is 13.5. The summed E-state index contributed by atoms with van der Waals surface area (Å²) in [6.07, 6.45) is 6.27. The van der Waals surface area contributed by atoms with Crippen molar-refractivity contribution in [3.8, 4) is 16.9 Å². The van der Waals surface area contributed by atoms with Gasteiger partial charge in [-0.3, -0.25) is 4.79 Å². The number of hydrogen-bond donors (Lipinski definition) is 1. The molecule has 5 rings (SSSR count). The maximum Gasteiger partial charge on any atom is 0.283 e. The average Bonchev–Trinajstić information content (AvgIpc) is 3.12. The molecule has 6 heteroatoms. The number of aromatic nitrogens is 3. The Morgan fingerprint density at radius 3 is 2.50 bits per heavy atom. The number of para-hydroxylation sites is 1. The first-order valence-corrected chi connectivity index (χ1v) is 10.3. The molecule has 0 atom stereocenters. The molecular weight excluding hydrogens is 440 g/mol. The van der Waals surface area contributed by atoms with Crippen molar-refractivity contribution < 1.29 is 0 Å². The second-order valence-corrected chi connectivity index (χ2v) is 7.70. The monoisotopic (exact) mass is 464 g/mol. The Morgan fingerprint density at radius 1 is 0.967 bits per heavy atom. The van der Waals surface area contributed by atoms with Crippen LogP contribution in [-0.2, 0) is 0 Å². The van der Waals surface area contributed by atoms with Gasteiger partial charge in [-0.25, -0.2) is 14.2 Å². The van der Waals surface area contributed by atoms with E-state index in [0.717, 1.165) is 54.1 Å². The summed E-state index contributed by atoms with van der Waals surface area (Å²) in [6.45, 7) is 2.98. The molecule has 154 valence electrons. The van der Waals surface area contributed by atoms with Crippen LogP contribution in [0.2, 0.25) is 0 Å². The Hall–Kier alpha value is -2.86. The van der Waals surface area contributed by atoms with Crippen molar-refractivity contribution in [1.82, 2.24) is 19.5 Å². The lowest BCUT2D eigenvalue weighted by molar-refractivity contribution is 0.721. The van der Waals surface area contributed by atoms with Crippen molar-refractivity contribution in [2.45, 2.75) is 32.6 Å². The minimum absolute atomic E-state index is 0. The zero-order valence-corrected chi connectivity index (χ0v) is 18.7. The Bertz CT molecular complexity index is 1260. The van der Waals surface area contributed by atoms with Gasteiger partial charge >= 0.3 is 0 Å². The molecule has 1 saturated heterocycles. The van der Waals surface area contributed by atoms with Crippen LogP contribution in [0.3, 0.4) is 0 Å². The van der Waals surface area contributed by atoms with Crippen molar-refractivity contribution in [3.05, 3.63) is 81.9 Å². The topological polar surface area (TPSA) is 51.3 Å². The van der Waals surface area contributed by atoms with E-state index in [0.29, 0.717) is 5.22 Å². The normalized spacial score (nSPS) is 16.0. The third-order valence-electron chi connectivity index (χ3n) is 5.63. The molecule has 0 bridgehead atoms. The molecule has 4 aromatic rings. The lowest BCUT2D eigenvalue weighted by Crippen LogP contribution is -2.33. The van der Waals surface area contributed by atoms with Crippen LogP contribution in [0.1, 0.15) is 31.2 Å². The second-order valence-electron chi connectivity index (χ2n) is 7.70. The van der Waals surface area contributed by atoms with E-state index in [2.05, 4.69) is 36.5 Å². The highest BCUT2D eigenvalue weighted by Crippen LogP contribution is 2.20. The first kappa shape index (κ1) is 20.4. The van der Waals surface area contributed by atoms with Crippen molar-refractivity contribution in [1.29, 1.82) is 0 Å². The van der Waals surface area contributed by atoms with E-state index in [4.69, 9.17) is 4.98 Å². The third kappa shape index (κ3) is 3.56. The van der Waals surface area contributed by atoms with Gasteiger partial charge in [0.25, 0.3) is 5.56 Å². The van der Waals surface area contributed by atoms with E-state index in [1.165, 1.54) is 12.0 Å². The highest BCUT2D eigenvalue weighted by atomic mass is 79.9. The van der Waals surface area contributed by atoms with Crippen LogP contribution in [0.25, 0.3) is 28.3 Å². The molecule has 5 nitrogen and oxygen atoms in total. The van der Waals surface area contributed by atoms with Gasteiger partial charge in [0.2, 0.25) is 0 Å². The van der Waals surface area contributed by atoms with Gasteiger partial charge in [-0.15, -0.1) is 17.0 Å². The van der Waals surface area contributed by atoms with Crippen LogP contribution >= 0.6 is 17.0 Å². The number of aryl methyl sites for hydroxylation is 1. The fourth-order valence-electron chi connectivity index (χ4n) is 4.08. The molecule has 1 aliphatic heterocycles. The van der Waals surface area contributed by atoms with Gasteiger partial charge in [0.05, 0.1) is 17.6 Å². The van der Waals surface area contributed by atoms with E-state index in [9.17, 15) is 4.79 Å².